The fourth-order valence-electron chi connectivity index (χ4n) is 1.16. The predicted molar refractivity (Wildman–Crippen MR) is 63.6 cm³/mol. The molecule has 0 spiro atoms. The van der Waals surface area contributed by atoms with Gasteiger partial charge in [0.2, 0.25) is 0 Å². The Morgan fingerprint density at radius 1 is 1.24 bits per heavy atom. The van der Waals surface area contributed by atoms with Crippen molar-refractivity contribution in [2.45, 2.75) is 11.1 Å². The van der Waals surface area contributed by atoms with Crippen LogP contribution >= 0.6 is 11.8 Å². The molecule has 0 saturated carbocycles. The van der Waals surface area contributed by atoms with Gasteiger partial charge in [-0.2, -0.15) is 13.2 Å². The zero-order valence-electron chi connectivity index (χ0n) is 9.38. The summed E-state index contributed by atoms with van der Waals surface area (Å²) in [6.45, 7) is -0.807. The quantitative estimate of drug-likeness (QED) is 0.629. The van der Waals surface area contributed by atoms with Crippen molar-refractivity contribution in [3.05, 3.63) is 24.3 Å². The molecule has 0 aromatic heterocycles. The molecule has 0 heterocycles. The first-order valence-corrected chi connectivity index (χ1v) is 6.26. The SMILES string of the molecule is CSc1ccc(NCCOCC(F)(F)F)cc1. The van der Waals surface area contributed by atoms with E-state index in [1.54, 1.807) is 11.8 Å². The van der Waals surface area contributed by atoms with Gasteiger partial charge in [-0.15, -0.1) is 11.8 Å². The summed E-state index contributed by atoms with van der Waals surface area (Å²) in [5.41, 5.74) is 0.874. The van der Waals surface area contributed by atoms with Gasteiger partial charge in [-0.1, -0.05) is 0 Å². The lowest BCUT2D eigenvalue weighted by atomic mass is 10.3. The van der Waals surface area contributed by atoms with Gasteiger partial charge in [-0.25, -0.2) is 0 Å². The van der Waals surface area contributed by atoms with Crippen LogP contribution in [0.3, 0.4) is 0 Å². The number of alkyl halides is 3. The number of rotatable bonds is 6. The first-order valence-electron chi connectivity index (χ1n) is 5.04. The minimum absolute atomic E-state index is 0.0315. The number of ether oxygens (including phenoxy) is 1. The van der Waals surface area contributed by atoms with Gasteiger partial charge in [-0.05, 0) is 30.5 Å². The molecule has 0 aliphatic rings. The highest BCUT2D eigenvalue weighted by atomic mass is 32.2. The van der Waals surface area contributed by atoms with Gasteiger partial charge in [0.05, 0.1) is 6.61 Å². The second-order valence-corrected chi connectivity index (χ2v) is 4.20. The van der Waals surface area contributed by atoms with Crippen LogP contribution in [0, 0.1) is 0 Å². The van der Waals surface area contributed by atoms with Crippen molar-refractivity contribution >= 4 is 17.4 Å². The Bertz CT molecular complexity index is 326. The van der Waals surface area contributed by atoms with Crippen molar-refractivity contribution in [2.75, 3.05) is 31.3 Å². The minimum atomic E-state index is -4.25. The molecule has 2 nitrogen and oxygen atoms in total. The Balaban J connectivity index is 2.18. The van der Waals surface area contributed by atoms with E-state index in [1.165, 1.54) is 0 Å². The van der Waals surface area contributed by atoms with E-state index >= 15 is 0 Å². The summed E-state index contributed by atoms with van der Waals surface area (Å²) in [4.78, 5) is 1.14. The maximum atomic E-state index is 11.7. The smallest absolute Gasteiger partial charge is 0.383 e. The molecule has 0 unspecified atom stereocenters. The van der Waals surface area contributed by atoms with Crippen LogP contribution in [0.25, 0.3) is 0 Å². The summed E-state index contributed by atoms with van der Waals surface area (Å²) in [6.07, 6.45) is -2.27. The lowest BCUT2D eigenvalue weighted by molar-refractivity contribution is -0.172. The molecule has 17 heavy (non-hydrogen) atoms. The lowest BCUT2D eigenvalue weighted by Gasteiger charge is -2.09. The van der Waals surface area contributed by atoms with Gasteiger partial charge < -0.3 is 10.1 Å². The van der Waals surface area contributed by atoms with E-state index in [1.807, 2.05) is 30.5 Å². The van der Waals surface area contributed by atoms with Crippen molar-refractivity contribution in [3.63, 3.8) is 0 Å². The van der Waals surface area contributed by atoms with Crippen molar-refractivity contribution in [1.82, 2.24) is 0 Å². The summed E-state index contributed by atoms with van der Waals surface area (Å²) in [5, 5.41) is 2.98. The molecule has 0 aliphatic carbocycles. The minimum Gasteiger partial charge on any atom is -0.383 e. The summed E-state index contributed by atoms with van der Waals surface area (Å²) in [6, 6.07) is 7.67. The number of hydrogen-bond donors (Lipinski definition) is 1. The molecular formula is C11H14F3NOS. The first kappa shape index (κ1) is 14.2. The van der Waals surface area contributed by atoms with Gasteiger partial charge in [-0.3, -0.25) is 0 Å². The molecule has 1 rings (SSSR count). The number of nitrogens with one attached hydrogen (secondary N) is 1. The van der Waals surface area contributed by atoms with Crippen molar-refractivity contribution in [1.29, 1.82) is 0 Å². The fourth-order valence-corrected chi connectivity index (χ4v) is 1.57. The molecule has 96 valence electrons. The summed E-state index contributed by atoms with van der Waals surface area (Å²) >= 11 is 1.63. The standard InChI is InChI=1S/C11H14F3NOS/c1-17-10-4-2-9(3-5-10)15-6-7-16-8-11(12,13)14/h2-5,15H,6-8H2,1H3. The average Bonchev–Trinajstić information content (AvgIpc) is 2.28. The normalized spacial score (nSPS) is 11.5. The van der Waals surface area contributed by atoms with Crippen LogP contribution in [0.2, 0.25) is 0 Å². The van der Waals surface area contributed by atoms with Crippen LogP contribution in [0.15, 0.2) is 29.2 Å². The molecule has 0 aliphatic heterocycles. The van der Waals surface area contributed by atoms with E-state index in [0.717, 1.165) is 10.6 Å². The summed E-state index contributed by atoms with van der Waals surface area (Å²) < 4.78 is 39.7. The second kappa shape index (κ2) is 6.76. The molecule has 1 aromatic carbocycles. The van der Waals surface area contributed by atoms with Crippen LogP contribution in [0.1, 0.15) is 0 Å². The first-order chi connectivity index (χ1) is 8.01. The third-order valence-corrected chi connectivity index (χ3v) is 2.67. The highest BCUT2D eigenvalue weighted by Gasteiger charge is 2.27. The largest absolute Gasteiger partial charge is 0.411 e. The Hall–Kier alpha value is -0.880. The Morgan fingerprint density at radius 3 is 2.41 bits per heavy atom. The van der Waals surface area contributed by atoms with Gasteiger partial charge in [0.1, 0.15) is 6.61 Å². The van der Waals surface area contributed by atoms with E-state index < -0.39 is 12.8 Å². The number of benzene rings is 1. The predicted octanol–water partition coefficient (Wildman–Crippen LogP) is 3.40. The van der Waals surface area contributed by atoms with Crippen LogP contribution in [-0.4, -0.2) is 32.2 Å². The van der Waals surface area contributed by atoms with Crippen LogP contribution in [0.5, 0.6) is 0 Å². The highest BCUT2D eigenvalue weighted by molar-refractivity contribution is 7.98. The molecule has 0 amide bonds. The molecule has 0 saturated heterocycles. The molecule has 6 heteroatoms. The molecule has 0 fully saturated rings. The van der Waals surface area contributed by atoms with E-state index in [0.29, 0.717) is 6.54 Å². The number of hydrogen-bond acceptors (Lipinski definition) is 3. The Labute approximate surface area is 103 Å². The van der Waals surface area contributed by atoms with E-state index in [2.05, 4.69) is 10.1 Å². The van der Waals surface area contributed by atoms with Crippen molar-refractivity contribution in [3.8, 4) is 0 Å². The zero-order valence-corrected chi connectivity index (χ0v) is 10.2. The van der Waals surface area contributed by atoms with E-state index in [4.69, 9.17) is 0 Å². The van der Waals surface area contributed by atoms with Crippen LogP contribution < -0.4 is 5.32 Å². The zero-order chi connectivity index (χ0) is 12.7. The van der Waals surface area contributed by atoms with Gasteiger partial charge >= 0.3 is 6.18 Å². The fraction of sp³-hybridized carbons (Fsp3) is 0.455. The Kier molecular flexibility index (Phi) is 5.64. The van der Waals surface area contributed by atoms with Crippen LogP contribution in [-0.2, 0) is 4.74 Å². The maximum absolute atomic E-state index is 11.7. The maximum Gasteiger partial charge on any atom is 0.411 e. The number of anilines is 1. The monoisotopic (exact) mass is 265 g/mol. The molecular weight excluding hydrogens is 251 g/mol. The highest BCUT2D eigenvalue weighted by Crippen LogP contribution is 2.17. The molecule has 0 atom stereocenters. The number of halogens is 3. The van der Waals surface area contributed by atoms with Gasteiger partial charge in [0.15, 0.2) is 0 Å². The average molecular weight is 265 g/mol. The third-order valence-electron chi connectivity index (χ3n) is 1.93. The Morgan fingerprint density at radius 2 is 1.88 bits per heavy atom. The van der Waals surface area contributed by atoms with Crippen molar-refractivity contribution < 1.29 is 17.9 Å². The third kappa shape index (κ3) is 6.43. The molecule has 1 aromatic rings. The number of thioether (sulfide) groups is 1. The summed E-state index contributed by atoms with van der Waals surface area (Å²) in [5.74, 6) is 0. The van der Waals surface area contributed by atoms with E-state index in [9.17, 15) is 13.2 Å². The topological polar surface area (TPSA) is 21.3 Å². The van der Waals surface area contributed by atoms with Crippen LogP contribution in [0.4, 0.5) is 18.9 Å². The summed E-state index contributed by atoms with van der Waals surface area (Å²) in [7, 11) is 0. The van der Waals surface area contributed by atoms with Gasteiger partial charge in [0, 0.05) is 17.1 Å². The van der Waals surface area contributed by atoms with Crippen molar-refractivity contribution in [2.24, 2.45) is 0 Å². The molecule has 1 N–H and O–H groups in total. The molecule has 0 radical (unpaired) electrons. The van der Waals surface area contributed by atoms with E-state index in [-0.39, 0.29) is 6.61 Å². The molecule has 0 bridgehead atoms. The lowest BCUT2D eigenvalue weighted by Crippen LogP contribution is -2.20. The van der Waals surface area contributed by atoms with Gasteiger partial charge in [0.25, 0.3) is 0 Å². The second-order valence-electron chi connectivity index (χ2n) is 3.32.